The summed E-state index contributed by atoms with van der Waals surface area (Å²) in [6.07, 6.45) is 1.07. The van der Waals surface area contributed by atoms with Crippen LogP contribution in [0.4, 0.5) is 0 Å². The average molecular weight is 264 g/mol. The third kappa shape index (κ3) is 1.83. The van der Waals surface area contributed by atoms with E-state index in [1.165, 1.54) is 22.2 Å². The Bertz CT molecular complexity index is 576. The first-order chi connectivity index (χ1) is 8.70. The van der Waals surface area contributed by atoms with Gasteiger partial charge in [0.15, 0.2) is 0 Å². The molecule has 0 radical (unpaired) electrons. The highest BCUT2D eigenvalue weighted by molar-refractivity contribution is 6.31. The Labute approximate surface area is 112 Å². The number of benzene rings is 1. The lowest BCUT2D eigenvalue weighted by Crippen LogP contribution is -2.37. The Morgan fingerprint density at radius 3 is 3.11 bits per heavy atom. The lowest BCUT2D eigenvalue weighted by atomic mass is 9.98. The van der Waals surface area contributed by atoms with Gasteiger partial charge < -0.3 is 10.7 Å². The number of aromatic nitrogens is 1. The van der Waals surface area contributed by atoms with Crippen LogP contribution in [0, 0.1) is 0 Å². The summed E-state index contributed by atoms with van der Waals surface area (Å²) in [6.45, 7) is 4.98. The molecule has 0 bridgehead atoms. The minimum Gasteiger partial charge on any atom is -0.357 e. The Morgan fingerprint density at radius 2 is 2.33 bits per heavy atom. The average Bonchev–Trinajstić information content (AvgIpc) is 2.72. The molecule has 3 rings (SSSR count). The summed E-state index contributed by atoms with van der Waals surface area (Å²) in [4.78, 5) is 5.97. The monoisotopic (exact) mass is 263 g/mol. The molecule has 1 aromatic heterocycles. The Kier molecular flexibility index (Phi) is 3.06. The van der Waals surface area contributed by atoms with E-state index in [0.717, 1.165) is 24.5 Å². The van der Waals surface area contributed by atoms with Gasteiger partial charge in [-0.05, 0) is 37.1 Å². The molecule has 3 N–H and O–H groups in total. The molecule has 0 spiro atoms. The highest BCUT2D eigenvalue weighted by atomic mass is 35.5. The van der Waals surface area contributed by atoms with E-state index in [1.807, 2.05) is 6.07 Å². The summed E-state index contributed by atoms with van der Waals surface area (Å²) >= 11 is 6.09. The number of H-pyrrole nitrogens is 1. The van der Waals surface area contributed by atoms with Crippen molar-refractivity contribution in [3.05, 3.63) is 34.5 Å². The predicted molar refractivity (Wildman–Crippen MR) is 76.1 cm³/mol. The van der Waals surface area contributed by atoms with Crippen LogP contribution in [-0.2, 0) is 6.42 Å². The molecule has 3 nitrogen and oxygen atoms in total. The van der Waals surface area contributed by atoms with Gasteiger partial charge in [0.25, 0.3) is 0 Å². The van der Waals surface area contributed by atoms with E-state index in [4.69, 9.17) is 17.3 Å². The molecule has 96 valence electrons. The zero-order valence-corrected chi connectivity index (χ0v) is 11.3. The molecule has 0 amide bonds. The first-order valence-electron chi connectivity index (χ1n) is 6.45. The molecule has 0 saturated carbocycles. The van der Waals surface area contributed by atoms with Gasteiger partial charge in [0.1, 0.15) is 0 Å². The molecule has 0 saturated heterocycles. The van der Waals surface area contributed by atoms with Gasteiger partial charge >= 0.3 is 0 Å². The molecule has 1 atom stereocenters. The maximum Gasteiger partial charge on any atom is 0.0474 e. The van der Waals surface area contributed by atoms with E-state index < -0.39 is 0 Å². The van der Waals surface area contributed by atoms with Crippen LogP contribution in [0.3, 0.4) is 0 Å². The maximum atomic E-state index is 6.09. The highest BCUT2D eigenvalue weighted by Crippen LogP contribution is 2.34. The van der Waals surface area contributed by atoms with Crippen LogP contribution in [0.15, 0.2) is 18.2 Å². The van der Waals surface area contributed by atoms with Gasteiger partial charge in [-0.1, -0.05) is 11.6 Å². The molecule has 1 aliphatic heterocycles. The van der Waals surface area contributed by atoms with Gasteiger partial charge in [0.05, 0.1) is 0 Å². The third-order valence-corrected chi connectivity index (χ3v) is 4.17. The number of hydrogen-bond acceptors (Lipinski definition) is 2. The molecule has 2 aromatic rings. The zero-order chi connectivity index (χ0) is 12.7. The van der Waals surface area contributed by atoms with E-state index in [9.17, 15) is 0 Å². The van der Waals surface area contributed by atoms with Crippen molar-refractivity contribution in [3.63, 3.8) is 0 Å². The Balaban J connectivity index is 2.08. The molecule has 2 heterocycles. The van der Waals surface area contributed by atoms with Crippen molar-refractivity contribution in [2.45, 2.75) is 19.4 Å². The molecule has 18 heavy (non-hydrogen) atoms. The predicted octanol–water partition coefficient (Wildman–Crippen LogP) is 2.70. The second-order valence-corrected chi connectivity index (χ2v) is 5.39. The van der Waals surface area contributed by atoms with E-state index in [1.54, 1.807) is 0 Å². The fourth-order valence-electron chi connectivity index (χ4n) is 2.97. The van der Waals surface area contributed by atoms with Crippen LogP contribution in [0.2, 0.25) is 5.02 Å². The fourth-order valence-corrected chi connectivity index (χ4v) is 3.14. The van der Waals surface area contributed by atoms with Crippen molar-refractivity contribution < 1.29 is 0 Å². The summed E-state index contributed by atoms with van der Waals surface area (Å²) in [5.41, 5.74) is 9.60. The quantitative estimate of drug-likeness (QED) is 0.875. The van der Waals surface area contributed by atoms with Gasteiger partial charge in [-0.2, -0.15) is 0 Å². The number of fused-ring (bicyclic) bond motifs is 3. The van der Waals surface area contributed by atoms with E-state index >= 15 is 0 Å². The van der Waals surface area contributed by atoms with Crippen molar-refractivity contribution in [2.75, 3.05) is 19.6 Å². The number of nitrogens with zero attached hydrogens (tertiary/aromatic N) is 1. The fraction of sp³-hybridized carbons (Fsp3) is 0.429. The maximum absolute atomic E-state index is 6.09. The summed E-state index contributed by atoms with van der Waals surface area (Å²) in [5, 5.41) is 2.08. The molecular weight excluding hydrogens is 246 g/mol. The molecule has 1 aliphatic rings. The Hall–Kier alpha value is -1.03. The molecule has 1 aromatic carbocycles. The first kappa shape index (κ1) is 12.0. The van der Waals surface area contributed by atoms with Gasteiger partial charge in [0, 0.05) is 47.3 Å². The van der Waals surface area contributed by atoms with Crippen molar-refractivity contribution >= 4 is 22.5 Å². The lowest BCUT2D eigenvalue weighted by molar-refractivity contribution is 0.202. The van der Waals surface area contributed by atoms with Crippen molar-refractivity contribution in [1.29, 1.82) is 0 Å². The Morgan fingerprint density at radius 1 is 1.50 bits per heavy atom. The zero-order valence-electron chi connectivity index (χ0n) is 10.5. The molecule has 0 fully saturated rings. The van der Waals surface area contributed by atoms with Crippen molar-refractivity contribution in [1.82, 2.24) is 9.88 Å². The lowest BCUT2D eigenvalue weighted by Gasteiger charge is -2.33. The van der Waals surface area contributed by atoms with Gasteiger partial charge in [-0.15, -0.1) is 0 Å². The van der Waals surface area contributed by atoms with Crippen LogP contribution < -0.4 is 5.73 Å². The van der Waals surface area contributed by atoms with E-state index in [-0.39, 0.29) is 0 Å². The van der Waals surface area contributed by atoms with Crippen LogP contribution in [-0.4, -0.2) is 29.5 Å². The van der Waals surface area contributed by atoms with Crippen LogP contribution >= 0.6 is 11.6 Å². The number of rotatable bonds is 2. The molecular formula is C14H18ClN3. The number of hydrogen-bond donors (Lipinski definition) is 2. The van der Waals surface area contributed by atoms with Crippen LogP contribution in [0.1, 0.15) is 24.2 Å². The number of aromatic amines is 1. The van der Waals surface area contributed by atoms with Gasteiger partial charge in [0.2, 0.25) is 0 Å². The van der Waals surface area contributed by atoms with Gasteiger partial charge in [-0.3, -0.25) is 4.90 Å². The van der Waals surface area contributed by atoms with E-state index in [2.05, 4.69) is 28.9 Å². The normalized spacial score (nSPS) is 20.3. The van der Waals surface area contributed by atoms with Crippen molar-refractivity contribution in [2.24, 2.45) is 5.73 Å². The standard InChI is InChI=1S/C14H18ClN3/c1-9-14-11(4-6-18(9)7-5-16)12-8-10(15)2-3-13(12)17-14/h2-3,8-9,17H,4-7,16H2,1H3. The summed E-state index contributed by atoms with van der Waals surface area (Å²) in [5.74, 6) is 0. The first-order valence-corrected chi connectivity index (χ1v) is 6.82. The highest BCUT2D eigenvalue weighted by Gasteiger charge is 2.26. The van der Waals surface area contributed by atoms with Crippen LogP contribution in [0.5, 0.6) is 0 Å². The second-order valence-electron chi connectivity index (χ2n) is 4.96. The number of halogens is 1. The van der Waals surface area contributed by atoms with Crippen molar-refractivity contribution in [3.8, 4) is 0 Å². The second kappa shape index (κ2) is 4.57. The summed E-state index contributed by atoms with van der Waals surface area (Å²) in [7, 11) is 0. The largest absolute Gasteiger partial charge is 0.357 e. The minimum absolute atomic E-state index is 0.406. The topological polar surface area (TPSA) is 45.0 Å². The summed E-state index contributed by atoms with van der Waals surface area (Å²) in [6, 6.07) is 6.48. The smallest absolute Gasteiger partial charge is 0.0474 e. The molecule has 0 aliphatic carbocycles. The SMILES string of the molecule is CC1c2[nH]c3ccc(Cl)cc3c2CCN1CCN. The molecule has 1 unspecified atom stereocenters. The summed E-state index contributed by atoms with van der Waals surface area (Å²) < 4.78 is 0. The van der Waals surface area contributed by atoms with Crippen LogP contribution in [0.25, 0.3) is 10.9 Å². The molecule has 4 heteroatoms. The number of nitrogens with one attached hydrogen (secondary N) is 1. The minimum atomic E-state index is 0.406. The van der Waals surface area contributed by atoms with E-state index in [0.29, 0.717) is 12.6 Å². The number of nitrogens with two attached hydrogens (primary N) is 1. The third-order valence-electron chi connectivity index (χ3n) is 3.93. The van der Waals surface area contributed by atoms with Gasteiger partial charge in [-0.25, -0.2) is 0 Å².